The van der Waals surface area contributed by atoms with Crippen molar-refractivity contribution in [1.82, 2.24) is 10.4 Å². The van der Waals surface area contributed by atoms with Crippen molar-refractivity contribution < 1.29 is 4.79 Å². The minimum absolute atomic E-state index is 0.208. The number of hydrogen-bond acceptors (Lipinski definition) is 3. The lowest BCUT2D eigenvalue weighted by atomic mass is 9.83. The molecule has 0 aliphatic heterocycles. The molecule has 1 aromatic heterocycles. The van der Waals surface area contributed by atoms with Crippen LogP contribution in [0.1, 0.15) is 19.4 Å². The van der Waals surface area contributed by atoms with E-state index in [4.69, 9.17) is 5.84 Å². The molecule has 0 aliphatic rings. The van der Waals surface area contributed by atoms with Crippen molar-refractivity contribution >= 4 is 16.8 Å². The molecule has 2 aromatic rings. The number of nitrogens with one attached hydrogen (secondary N) is 1. The summed E-state index contributed by atoms with van der Waals surface area (Å²) in [5, 5.41) is 1.02. The van der Waals surface area contributed by atoms with E-state index in [2.05, 4.69) is 10.4 Å². The lowest BCUT2D eigenvalue weighted by Crippen LogP contribution is -2.43. The lowest BCUT2D eigenvalue weighted by Gasteiger charge is -2.23. The summed E-state index contributed by atoms with van der Waals surface area (Å²) in [6, 6.07) is 9.64. The fraction of sp³-hybridized carbons (Fsp3) is 0.231. The van der Waals surface area contributed by atoms with E-state index in [9.17, 15) is 4.79 Å². The summed E-state index contributed by atoms with van der Waals surface area (Å²) in [7, 11) is 0. The molecule has 0 fully saturated rings. The van der Waals surface area contributed by atoms with Crippen LogP contribution in [-0.4, -0.2) is 10.9 Å². The molecule has 3 N–H and O–H groups in total. The van der Waals surface area contributed by atoms with Gasteiger partial charge in [-0.2, -0.15) is 0 Å². The highest BCUT2D eigenvalue weighted by molar-refractivity contribution is 5.89. The highest BCUT2D eigenvalue weighted by atomic mass is 16.2. The Kier molecular flexibility index (Phi) is 2.81. The Balaban J connectivity index is 2.53. The number of nitrogens with zero attached hydrogens (tertiary/aromatic N) is 1. The number of carbonyl (C=O) groups excluding carboxylic acids is 1. The molecule has 1 amide bonds. The van der Waals surface area contributed by atoms with Crippen LogP contribution in [0.3, 0.4) is 0 Å². The molecule has 0 unspecified atom stereocenters. The molecule has 0 saturated carbocycles. The molecule has 0 bridgehead atoms. The van der Waals surface area contributed by atoms with Gasteiger partial charge < -0.3 is 0 Å². The zero-order valence-electron chi connectivity index (χ0n) is 9.90. The molecule has 17 heavy (non-hydrogen) atoms. The van der Waals surface area contributed by atoms with Crippen molar-refractivity contribution in [3.63, 3.8) is 0 Å². The van der Waals surface area contributed by atoms with E-state index < -0.39 is 5.41 Å². The Morgan fingerprint density at radius 1 is 1.35 bits per heavy atom. The third-order valence-corrected chi connectivity index (χ3v) is 3.02. The van der Waals surface area contributed by atoms with Crippen LogP contribution in [0.5, 0.6) is 0 Å². The van der Waals surface area contributed by atoms with E-state index in [1.165, 1.54) is 0 Å². The van der Waals surface area contributed by atoms with Gasteiger partial charge in [-0.1, -0.05) is 12.1 Å². The van der Waals surface area contributed by atoms with Crippen molar-refractivity contribution in [2.45, 2.75) is 19.3 Å². The topological polar surface area (TPSA) is 68.0 Å². The lowest BCUT2D eigenvalue weighted by molar-refractivity contribution is -0.125. The van der Waals surface area contributed by atoms with Crippen molar-refractivity contribution in [2.24, 2.45) is 5.84 Å². The third kappa shape index (κ3) is 1.99. The first kappa shape index (κ1) is 11.5. The SMILES string of the molecule is CC(C)(C(=O)NN)c1ccc2ncccc2c1. The number of carbonyl (C=O) groups is 1. The molecule has 2 rings (SSSR count). The van der Waals surface area contributed by atoms with E-state index in [0.29, 0.717) is 0 Å². The standard InChI is InChI=1S/C13H15N3O/c1-13(2,12(17)16-14)10-5-6-11-9(8-10)4-3-7-15-11/h3-8H,14H2,1-2H3,(H,16,17). The Hall–Kier alpha value is -1.94. The number of nitrogens with two attached hydrogens (primary N) is 1. The largest absolute Gasteiger partial charge is 0.294 e. The van der Waals surface area contributed by atoms with E-state index in [1.54, 1.807) is 6.20 Å². The summed E-state index contributed by atoms with van der Waals surface area (Å²) in [4.78, 5) is 16.0. The molecular weight excluding hydrogens is 214 g/mol. The Morgan fingerprint density at radius 3 is 2.82 bits per heavy atom. The fourth-order valence-electron chi connectivity index (χ4n) is 1.78. The quantitative estimate of drug-likeness (QED) is 0.466. The van der Waals surface area contributed by atoms with Crippen LogP contribution in [0.2, 0.25) is 0 Å². The Morgan fingerprint density at radius 2 is 2.12 bits per heavy atom. The second-order valence-electron chi connectivity index (χ2n) is 4.51. The number of hydrazine groups is 1. The van der Waals surface area contributed by atoms with Crippen molar-refractivity contribution in [3.05, 3.63) is 42.1 Å². The molecule has 0 atom stereocenters. The van der Waals surface area contributed by atoms with E-state index in [0.717, 1.165) is 16.5 Å². The Bertz CT molecular complexity index is 563. The van der Waals surface area contributed by atoms with Gasteiger partial charge >= 0.3 is 0 Å². The highest BCUT2D eigenvalue weighted by Crippen LogP contribution is 2.26. The van der Waals surface area contributed by atoms with Gasteiger partial charge in [-0.3, -0.25) is 15.2 Å². The number of hydrogen-bond donors (Lipinski definition) is 2. The summed E-state index contributed by atoms with van der Waals surface area (Å²) in [6.07, 6.45) is 1.75. The zero-order valence-corrected chi connectivity index (χ0v) is 9.90. The van der Waals surface area contributed by atoms with Gasteiger partial charge in [0.1, 0.15) is 0 Å². The van der Waals surface area contributed by atoms with Crippen molar-refractivity contribution in [1.29, 1.82) is 0 Å². The third-order valence-electron chi connectivity index (χ3n) is 3.02. The van der Waals surface area contributed by atoms with Gasteiger partial charge in [-0.05, 0) is 37.6 Å². The second-order valence-corrected chi connectivity index (χ2v) is 4.51. The summed E-state index contributed by atoms with van der Waals surface area (Å²) in [5.74, 6) is 4.99. The molecule has 1 heterocycles. The number of rotatable bonds is 2. The molecular formula is C13H15N3O. The van der Waals surface area contributed by atoms with Crippen LogP contribution in [0, 0.1) is 0 Å². The molecule has 88 valence electrons. The van der Waals surface area contributed by atoms with Crippen LogP contribution in [0.15, 0.2) is 36.5 Å². The summed E-state index contributed by atoms with van der Waals surface area (Å²) >= 11 is 0. The molecule has 4 nitrogen and oxygen atoms in total. The van der Waals surface area contributed by atoms with E-state index >= 15 is 0 Å². The average molecular weight is 229 g/mol. The van der Waals surface area contributed by atoms with Crippen LogP contribution in [0.25, 0.3) is 10.9 Å². The highest BCUT2D eigenvalue weighted by Gasteiger charge is 2.29. The van der Waals surface area contributed by atoms with Gasteiger partial charge in [0.2, 0.25) is 5.91 Å². The number of aromatic nitrogens is 1. The fourth-order valence-corrected chi connectivity index (χ4v) is 1.78. The molecule has 1 aromatic carbocycles. The van der Waals surface area contributed by atoms with Crippen molar-refractivity contribution in [2.75, 3.05) is 0 Å². The molecule has 0 aliphatic carbocycles. The minimum Gasteiger partial charge on any atom is -0.294 e. The maximum absolute atomic E-state index is 11.7. The average Bonchev–Trinajstić information content (AvgIpc) is 2.37. The van der Waals surface area contributed by atoms with Gasteiger partial charge in [0, 0.05) is 11.6 Å². The van der Waals surface area contributed by atoms with E-state index in [1.807, 2.05) is 44.2 Å². The van der Waals surface area contributed by atoms with Gasteiger partial charge in [0.05, 0.1) is 10.9 Å². The first-order chi connectivity index (χ1) is 8.05. The minimum atomic E-state index is -0.654. The number of pyridine rings is 1. The first-order valence-corrected chi connectivity index (χ1v) is 5.42. The monoisotopic (exact) mass is 229 g/mol. The predicted octanol–water partition coefficient (Wildman–Crippen LogP) is 1.50. The smallest absolute Gasteiger partial charge is 0.243 e. The Labute approximate surface area is 99.8 Å². The normalized spacial score (nSPS) is 11.5. The molecule has 0 saturated heterocycles. The van der Waals surface area contributed by atoms with Crippen molar-refractivity contribution in [3.8, 4) is 0 Å². The van der Waals surface area contributed by atoms with Crippen LogP contribution in [0.4, 0.5) is 0 Å². The molecule has 0 radical (unpaired) electrons. The van der Waals surface area contributed by atoms with Gasteiger partial charge in [-0.15, -0.1) is 0 Å². The first-order valence-electron chi connectivity index (χ1n) is 5.42. The molecule has 4 heteroatoms. The van der Waals surface area contributed by atoms with Gasteiger partial charge in [-0.25, -0.2) is 5.84 Å². The zero-order chi connectivity index (χ0) is 12.5. The number of fused-ring (bicyclic) bond motifs is 1. The van der Waals surface area contributed by atoms with Gasteiger partial charge in [0.15, 0.2) is 0 Å². The molecule has 0 spiro atoms. The van der Waals surface area contributed by atoms with E-state index in [-0.39, 0.29) is 5.91 Å². The van der Waals surface area contributed by atoms with Crippen LogP contribution >= 0.6 is 0 Å². The predicted molar refractivity (Wildman–Crippen MR) is 67.1 cm³/mol. The second kappa shape index (κ2) is 4.14. The van der Waals surface area contributed by atoms with Crippen LogP contribution in [-0.2, 0) is 10.2 Å². The van der Waals surface area contributed by atoms with Gasteiger partial charge in [0.25, 0.3) is 0 Å². The number of benzene rings is 1. The maximum Gasteiger partial charge on any atom is 0.243 e. The maximum atomic E-state index is 11.7. The summed E-state index contributed by atoms with van der Waals surface area (Å²) < 4.78 is 0. The summed E-state index contributed by atoms with van der Waals surface area (Å²) in [6.45, 7) is 3.68. The van der Waals surface area contributed by atoms with Crippen LogP contribution < -0.4 is 11.3 Å². The number of amides is 1. The summed E-state index contributed by atoms with van der Waals surface area (Å²) in [5.41, 5.74) is 3.38.